The molecule has 212 valence electrons. The third-order valence-corrected chi connectivity index (χ3v) is 7.96. The molecule has 2 aliphatic heterocycles. The number of fused-ring (bicyclic) bond motifs is 1. The molecular weight excluding hydrogens is 517 g/mol. The van der Waals surface area contributed by atoms with E-state index in [-0.39, 0.29) is 17.5 Å². The number of ether oxygens (including phenoxy) is 1. The van der Waals surface area contributed by atoms with Crippen molar-refractivity contribution in [1.82, 2.24) is 4.90 Å². The Kier molecular flexibility index (Phi) is 7.73. The van der Waals surface area contributed by atoms with Crippen molar-refractivity contribution < 1.29 is 28.1 Å². The number of aromatic hydroxyl groups is 2. The SMILES string of the molecule is CC1=C(c2cccc(O)c2)C(c2ccc(OCC(C)N3CCC(C)C3)cc2)N(CC(F)(F)F)c2ccc(O)cc21. The Bertz CT molecular complexity index is 1390. The lowest BCUT2D eigenvalue weighted by atomic mass is 9.81. The summed E-state index contributed by atoms with van der Waals surface area (Å²) >= 11 is 0. The largest absolute Gasteiger partial charge is 0.508 e. The summed E-state index contributed by atoms with van der Waals surface area (Å²) in [6.07, 6.45) is -3.29. The second kappa shape index (κ2) is 11.1. The van der Waals surface area contributed by atoms with Crippen molar-refractivity contribution in [1.29, 1.82) is 0 Å². The van der Waals surface area contributed by atoms with Crippen LogP contribution in [0.1, 0.15) is 49.9 Å². The lowest BCUT2D eigenvalue weighted by Crippen LogP contribution is -2.40. The number of benzene rings is 3. The summed E-state index contributed by atoms with van der Waals surface area (Å²) < 4.78 is 48.1. The van der Waals surface area contributed by atoms with Crippen LogP contribution in [-0.4, -0.2) is 53.6 Å². The molecule has 2 N–H and O–H groups in total. The number of alkyl halides is 3. The summed E-state index contributed by atoms with van der Waals surface area (Å²) in [5, 5.41) is 20.4. The molecule has 3 atom stereocenters. The molecule has 3 aromatic carbocycles. The number of rotatable bonds is 7. The van der Waals surface area contributed by atoms with Gasteiger partial charge in [-0.1, -0.05) is 31.2 Å². The van der Waals surface area contributed by atoms with Gasteiger partial charge in [0.25, 0.3) is 0 Å². The highest BCUT2D eigenvalue weighted by atomic mass is 19.4. The van der Waals surface area contributed by atoms with Gasteiger partial charge in [-0.25, -0.2) is 0 Å². The second-order valence-electron chi connectivity index (χ2n) is 11.1. The molecular formula is C32H35F3N2O3. The standard InChI is InChI=1S/C32H35F3N2O3/c1-20-13-14-36(17-20)21(2)18-40-27-10-7-23(8-11-27)31-30(24-5-4-6-25(38)15-24)22(3)28-16-26(39)9-12-29(28)37(31)19-32(33,34)35/h4-12,15-16,20-21,31,38-39H,13-14,17-19H2,1-3H3. The van der Waals surface area contributed by atoms with Crippen LogP contribution >= 0.6 is 0 Å². The van der Waals surface area contributed by atoms with Gasteiger partial charge in [0.05, 0.1) is 6.04 Å². The molecule has 1 fully saturated rings. The number of likely N-dealkylation sites (tertiary alicyclic amines) is 1. The molecule has 0 bridgehead atoms. The van der Waals surface area contributed by atoms with Crippen LogP contribution in [-0.2, 0) is 0 Å². The Balaban J connectivity index is 1.52. The number of halogens is 3. The normalized spacial score (nSPS) is 20.5. The Hall–Kier alpha value is -3.65. The van der Waals surface area contributed by atoms with E-state index in [4.69, 9.17) is 4.74 Å². The number of hydrogen-bond donors (Lipinski definition) is 2. The van der Waals surface area contributed by atoms with E-state index in [0.717, 1.165) is 18.7 Å². The lowest BCUT2D eigenvalue weighted by Gasteiger charge is -2.42. The highest BCUT2D eigenvalue weighted by Crippen LogP contribution is 2.50. The molecule has 3 unspecified atom stereocenters. The zero-order valence-corrected chi connectivity index (χ0v) is 22.9. The highest BCUT2D eigenvalue weighted by molar-refractivity contribution is 6.00. The Labute approximate surface area is 233 Å². The van der Waals surface area contributed by atoms with Gasteiger partial charge in [-0.15, -0.1) is 0 Å². The fraction of sp³-hybridized carbons (Fsp3) is 0.375. The van der Waals surface area contributed by atoms with E-state index < -0.39 is 18.8 Å². The van der Waals surface area contributed by atoms with Gasteiger partial charge in [-0.2, -0.15) is 13.2 Å². The third kappa shape index (κ3) is 5.92. The van der Waals surface area contributed by atoms with Gasteiger partial charge >= 0.3 is 6.18 Å². The highest BCUT2D eigenvalue weighted by Gasteiger charge is 2.40. The van der Waals surface area contributed by atoms with Crippen LogP contribution < -0.4 is 9.64 Å². The van der Waals surface area contributed by atoms with Crippen LogP contribution in [0.15, 0.2) is 66.7 Å². The second-order valence-corrected chi connectivity index (χ2v) is 11.1. The van der Waals surface area contributed by atoms with E-state index in [1.54, 1.807) is 18.2 Å². The molecule has 0 radical (unpaired) electrons. The Morgan fingerprint density at radius 3 is 2.38 bits per heavy atom. The number of nitrogens with zero attached hydrogens (tertiary/aromatic N) is 2. The van der Waals surface area contributed by atoms with Crippen molar-refractivity contribution in [3.63, 3.8) is 0 Å². The molecule has 1 saturated heterocycles. The number of phenols is 2. The van der Waals surface area contributed by atoms with Crippen LogP contribution in [0.5, 0.6) is 17.2 Å². The molecule has 0 aliphatic carbocycles. The summed E-state index contributed by atoms with van der Waals surface area (Å²) in [4.78, 5) is 3.74. The van der Waals surface area contributed by atoms with Gasteiger partial charge < -0.3 is 19.8 Å². The van der Waals surface area contributed by atoms with Crippen molar-refractivity contribution in [2.45, 2.75) is 45.5 Å². The third-order valence-electron chi connectivity index (χ3n) is 7.96. The molecule has 0 amide bonds. The zero-order valence-electron chi connectivity index (χ0n) is 22.9. The maximum absolute atomic E-state index is 14.0. The van der Waals surface area contributed by atoms with Gasteiger partial charge in [0.2, 0.25) is 0 Å². The zero-order chi connectivity index (χ0) is 28.6. The van der Waals surface area contributed by atoms with Gasteiger partial charge in [-0.3, -0.25) is 4.90 Å². The van der Waals surface area contributed by atoms with E-state index in [1.807, 2.05) is 31.2 Å². The molecule has 0 saturated carbocycles. The molecule has 0 aromatic heterocycles. The number of anilines is 1. The van der Waals surface area contributed by atoms with Crippen LogP contribution in [0.3, 0.4) is 0 Å². The maximum atomic E-state index is 14.0. The first-order valence-corrected chi connectivity index (χ1v) is 13.6. The molecule has 5 rings (SSSR count). The first kappa shape index (κ1) is 27.9. The van der Waals surface area contributed by atoms with E-state index in [1.165, 1.54) is 35.6 Å². The van der Waals surface area contributed by atoms with Crippen molar-refractivity contribution in [3.05, 3.63) is 83.4 Å². The first-order chi connectivity index (χ1) is 19.0. The molecule has 0 spiro atoms. The lowest BCUT2D eigenvalue weighted by molar-refractivity contribution is -0.120. The predicted octanol–water partition coefficient (Wildman–Crippen LogP) is 7.26. The predicted molar refractivity (Wildman–Crippen MR) is 152 cm³/mol. The van der Waals surface area contributed by atoms with E-state index in [9.17, 15) is 23.4 Å². The first-order valence-electron chi connectivity index (χ1n) is 13.6. The minimum atomic E-state index is -4.48. The summed E-state index contributed by atoms with van der Waals surface area (Å²) in [6, 6.07) is 17.7. The van der Waals surface area contributed by atoms with E-state index in [2.05, 4.69) is 18.7 Å². The maximum Gasteiger partial charge on any atom is 0.405 e. The van der Waals surface area contributed by atoms with Crippen LogP contribution in [0, 0.1) is 5.92 Å². The van der Waals surface area contributed by atoms with Crippen molar-refractivity contribution in [2.75, 3.05) is 31.1 Å². The summed E-state index contributed by atoms with van der Waals surface area (Å²) in [5.74, 6) is 1.33. The van der Waals surface area contributed by atoms with Gasteiger partial charge in [0.1, 0.15) is 30.4 Å². The average molecular weight is 553 g/mol. The fourth-order valence-electron chi connectivity index (χ4n) is 5.92. The Morgan fingerprint density at radius 1 is 1.00 bits per heavy atom. The summed E-state index contributed by atoms with van der Waals surface area (Å²) in [5.41, 5.74) is 3.53. The minimum Gasteiger partial charge on any atom is -0.508 e. The molecule has 8 heteroatoms. The quantitative estimate of drug-likeness (QED) is 0.323. The van der Waals surface area contributed by atoms with E-state index in [0.29, 0.717) is 46.2 Å². The Morgan fingerprint density at radius 2 is 1.73 bits per heavy atom. The molecule has 40 heavy (non-hydrogen) atoms. The summed E-state index contributed by atoms with van der Waals surface area (Å²) in [6.45, 7) is 7.70. The number of phenolic OH excluding ortho intramolecular Hbond substituents is 2. The van der Waals surface area contributed by atoms with Gasteiger partial charge in [-0.05, 0) is 97.5 Å². The molecule has 5 nitrogen and oxygen atoms in total. The monoisotopic (exact) mass is 552 g/mol. The molecule has 3 aromatic rings. The molecule has 2 aliphatic rings. The van der Waals surface area contributed by atoms with Crippen molar-refractivity contribution in [2.24, 2.45) is 5.92 Å². The average Bonchev–Trinajstić information content (AvgIpc) is 3.34. The number of hydrogen-bond acceptors (Lipinski definition) is 5. The van der Waals surface area contributed by atoms with Gasteiger partial charge in [0, 0.05) is 23.8 Å². The molecule has 2 heterocycles. The van der Waals surface area contributed by atoms with Crippen LogP contribution in [0.4, 0.5) is 18.9 Å². The van der Waals surface area contributed by atoms with Crippen LogP contribution in [0.25, 0.3) is 11.1 Å². The van der Waals surface area contributed by atoms with Crippen molar-refractivity contribution >= 4 is 16.8 Å². The summed E-state index contributed by atoms with van der Waals surface area (Å²) in [7, 11) is 0. The topological polar surface area (TPSA) is 56.2 Å². The number of allylic oxidation sites excluding steroid dienone is 1. The van der Waals surface area contributed by atoms with E-state index >= 15 is 0 Å². The van der Waals surface area contributed by atoms with Crippen molar-refractivity contribution in [3.8, 4) is 17.2 Å². The fourth-order valence-corrected chi connectivity index (χ4v) is 5.92. The smallest absolute Gasteiger partial charge is 0.405 e. The van der Waals surface area contributed by atoms with Crippen LogP contribution in [0.2, 0.25) is 0 Å². The minimum absolute atomic E-state index is 0.0193. The van der Waals surface area contributed by atoms with Gasteiger partial charge in [0.15, 0.2) is 0 Å².